The number of hydrogen-bond acceptors (Lipinski definition) is 4. The number of fused-ring (bicyclic) bond motifs is 3. The fourth-order valence-electron chi connectivity index (χ4n) is 3.29. The molecule has 5 N–H and O–H groups in total. The minimum Gasteiger partial charge on any atom is -1.00 e. The van der Waals surface area contributed by atoms with Crippen LogP contribution in [-0.2, 0) is 0 Å². The monoisotopic (exact) mass is 362 g/mol. The van der Waals surface area contributed by atoms with Crippen molar-refractivity contribution in [3.63, 3.8) is 0 Å². The minimum atomic E-state index is -0.146. The first-order valence-electron chi connectivity index (χ1n) is 7.24. The van der Waals surface area contributed by atoms with Crippen molar-refractivity contribution in [3.8, 4) is 5.75 Å². The zero-order valence-corrected chi connectivity index (χ0v) is 14.5. The van der Waals surface area contributed by atoms with Gasteiger partial charge in [-0.15, -0.1) is 0 Å². The van der Waals surface area contributed by atoms with E-state index in [0.29, 0.717) is 27.9 Å². The zero-order valence-electron chi connectivity index (χ0n) is 12.9. The number of carbonyl (C=O) groups excluding carboxylic acids is 1. The molecule has 3 heterocycles. The number of nitrogens with one attached hydrogen (secondary N) is 1. The van der Waals surface area contributed by atoms with Crippen molar-refractivity contribution >= 4 is 23.2 Å². The number of amides is 1. The molecule has 130 valence electrons. The summed E-state index contributed by atoms with van der Waals surface area (Å²) in [6.45, 7) is 3.23. The summed E-state index contributed by atoms with van der Waals surface area (Å²) in [5.74, 6) is 0.886. The third-order valence-corrected chi connectivity index (χ3v) is 4.86. The Labute approximate surface area is 147 Å². The van der Waals surface area contributed by atoms with Crippen LogP contribution in [0.15, 0.2) is 12.1 Å². The van der Waals surface area contributed by atoms with Crippen molar-refractivity contribution in [3.05, 3.63) is 22.7 Å². The highest BCUT2D eigenvalue weighted by molar-refractivity contribution is 6.33. The maximum atomic E-state index is 12.5. The molecule has 0 spiro atoms. The van der Waals surface area contributed by atoms with Gasteiger partial charge < -0.3 is 38.6 Å². The van der Waals surface area contributed by atoms with E-state index in [0.717, 1.165) is 32.5 Å². The van der Waals surface area contributed by atoms with Crippen LogP contribution in [0.1, 0.15) is 23.2 Å². The summed E-state index contributed by atoms with van der Waals surface area (Å²) in [4.78, 5) is 14.9. The first-order valence-corrected chi connectivity index (χ1v) is 7.62. The fourth-order valence-corrected chi connectivity index (χ4v) is 3.45. The van der Waals surface area contributed by atoms with E-state index in [1.165, 1.54) is 7.11 Å². The highest BCUT2D eigenvalue weighted by Crippen LogP contribution is 2.31. The van der Waals surface area contributed by atoms with Gasteiger partial charge >= 0.3 is 0 Å². The fraction of sp³-hybridized carbons (Fsp3) is 0.533. The van der Waals surface area contributed by atoms with Crippen LogP contribution in [0.5, 0.6) is 5.75 Å². The van der Waals surface area contributed by atoms with Crippen molar-refractivity contribution in [1.29, 1.82) is 0 Å². The Morgan fingerprint density at radius 1 is 1.39 bits per heavy atom. The van der Waals surface area contributed by atoms with Gasteiger partial charge in [0.25, 0.3) is 5.91 Å². The molecule has 1 aromatic rings. The lowest BCUT2D eigenvalue weighted by molar-refractivity contribution is -0.0000153. The number of halogens is 2. The summed E-state index contributed by atoms with van der Waals surface area (Å²) in [6, 6.07) is 3.38. The second-order valence-electron chi connectivity index (χ2n) is 5.79. The lowest BCUT2D eigenvalue weighted by Gasteiger charge is -2.44. The van der Waals surface area contributed by atoms with Crippen LogP contribution in [0.25, 0.3) is 0 Å². The Balaban J connectivity index is 0.00000132. The van der Waals surface area contributed by atoms with Gasteiger partial charge in [-0.1, -0.05) is 11.6 Å². The van der Waals surface area contributed by atoms with Gasteiger partial charge in [-0.05, 0) is 37.9 Å². The Kier molecular flexibility index (Phi) is 6.95. The van der Waals surface area contributed by atoms with Crippen molar-refractivity contribution < 1.29 is 27.4 Å². The molecular weight excluding hydrogens is 341 g/mol. The third kappa shape index (κ3) is 4.01. The number of benzene rings is 1. The molecule has 6 nitrogen and oxygen atoms in total. The summed E-state index contributed by atoms with van der Waals surface area (Å²) >= 11 is 6.02. The number of piperidine rings is 3. The number of nitrogens with zero attached hydrogens (tertiary/aromatic N) is 1. The van der Waals surface area contributed by atoms with Crippen LogP contribution in [0, 0.1) is 5.92 Å². The van der Waals surface area contributed by atoms with Gasteiger partial charge in [-0.2, -0.15) is 0 Å². The molecule has 23 heavy (non-hydrogen) atoms. The average Bonchev–Trinajstić information content (AvgIpc) is 2.50. The second-order valence-corrected chi connectivity index (χ2v) is 6.20. The van der Waals surface area contributed by atoms with E-state index in [9.17, 15) is 4.79 Å². The number of methoxy groups -OCH3 is 1. The quantitative estimate of drug-likeness (QED) is 0.603. The van der Waals surface area contributed by atoms with Crippen LogP contribution < -0.4 is 28.2 Å². The number of carbonyl (C=O) groups is 1. The number of hydrogen-bond donors (Lipinski definition) is 2. The average molecular weight is 363 g/mol. The highest BCUT2D eigenvalue weighted by atomic mass is 35.5. The molecule has 1 aromatic carbocycles. The molecule has 4 rings (SSSR count). The van der Waals surface area contributed by atoms with Gasteiger partial charge in [-0.3, -0.25) is 4.79 Å². The van der Waals surface area contributed by atoms with Crippen LogP contribution >= 0.6 is 11.6 Å². The topological polar surface area (TPSA) is 99.1 Å². The van der Waals surface area contributed by atoms with Gasteiger partial charge in [0.1, 0.15) is 5.75 Å². The van der Waals surface area contributed by atoms with E-state index in [2.05, 4.69) is 10.2 Å². The maximum Gasteiger partial charge on any atom is 0.255 e. The van der Waals surface area contributed by atoms with E-state index >= 15 is 0 Å². The van der Waals surface area contributed by atoms with Gasteiger partial charge in [0.15, 0.2) is 0 Å². The van der Waals surface area contributed by atoms with Gasteiger partial charge in [0.05, 0.1) is 23.4 Å². The molecular formula is C15H22Cl2N3O3-. The first kappa shape index (κ1) is 19.8. The normalized spacial score (nSPS) is 25.0. The predicted octanol–water partition coefficient (Wildman–Crippen LogP) is -2.07. The Morgan fingerprint density at radius 3 is 2.57 bits per heavy atom. The zero-order chi connectivity index (χ0) is 15.0. The molecule has 0 aromatic heterocycles. The lowest BCUT2D eigenvalue weighted by Crippen LogP contribution is -3.00. The summed E-state index contributed by atoms with van der Waals surface area (Å²) < 4.78 is 5.24. The molecule has 3 aliphatic heterocycles. The molecule has 3 fully saturated rings. The standard InChI is InChI=1S/C15H20ClN3O2.ClH.H2O/c1-21-14-7-12(17)11(16)6-10(14)15(20)18-13-8-19-4-2-9(13)3-5-19;;/h6-7,9,13H,2-5,8,17H2,1H3,(H,18,20);1H;1H2/p-1. The number of rotatable bonds is 3. The van der Waals surface area contributed by atoms with Crippen LogP contribution in [0.3, 0.4) is 0 Å². The Morgan fingerprint density at radius 2 is 2.04 bits per heavy atom. The van der Waals surface area contributed by atoms with E-state index < -0.39 is 0 Å². The molecule has 1 unspecified atom stereocenters. The SMILES string of the molecule is COc1cc(N)c(Cl)cc1C(=O)NC1CN2CCC1CC2.O.[Cl-]. The van der Waals surface area contributed by atoms with E-state index in [-0.39, 0.29) is 29.8 Å². The molecule has 1 atom stereocenters. The van der Waals surface area contributed by atoms with E-state index in [1.807, 2.05) is 0 Å². The summed E-state index contributed by atoms with van der Waals surface area (Å²) in [6.07, 6.45) is 2.31. The predicted molar refractivity (Wildman–Crippen MR) is 86.4 cm³/mol. The summed E-state index contributed by atoms with van der Waals surface area (Å²) in [7, 11) is 1.52. The smallest absolute Gasteiger partial charge is 0.255 e. The number of anilines is 1. The largest absolute Gasteiger partial charge is 1.00 e. The molecule has 3 aliphatic rings. The summed E-state index contributed by atoms with van der Waals surface area (Å²) in [5.41, 5.74) is 6.60. The molecule has 0 aliphatic carbocycles. The summed E-state index contributed by atoms with van der Waals surface area (Å²) in [5, 5.41) is 3.50. The number of ether oxygens (including phenoxy) is 1. The van der Waals surface area contributed by atoms with Crippen LogP contribution in [-0.4, -0.2) is 49.1 Å². The van der Waals surface area contributed by atoms with Crippen molar-refractivity contribution in [2.45, 2.75) is 18.9 Å². The number of nitrogen functional groups attached to an aromatic ring is 1. The van der Waals surface area contributed by atoms with Crippen molar-refractivity contribution in [2.24, 2.45) is 5.92 Å². The van der Waals surface area contributed by atoms with Gasteiger partial charge in [0, 0.05) is 18.7 Å². The molecule has 8 heteroatoms. The molecule has 0 saturated carbocycles. The van der Waals surface area contributed by atoms with E-state index in [4.69, 9.17) is 22.1 Å². The first-order chi connectivity index (χ1) is 10.1. The minimum absolute atomic E-state index is 0. The molecule has 1 amide bonds. The third-order valence-electron chi connectivity index (χ3n) is 4.54. The van der Waals surface area contributed by atoms with Crippen LogP contribution in [0.2, 0.25) is 5.02 Å². The van der Waals surface area contributed by atoms with Crippen molar-refractivity contribution in [2.75, 3.05) is 32.5 Å². The second kappa shape index (κ2) is 8.06. The maximum absolute atomic E-state index is 12.5. The molecule has 2 bridgehead atoms. The van der Waals surface area contributed by atoms with Crippen LogP contribution in [0.4, 0.5) is 5.69 Å². The van der Waals surface area contributed by atoms with Gasteiger partial charge in [-0.25, -0.2) is 0 Å². The molecule has 0 radical (unpaired) electrons. The Hall–Kier alpha value is -1.21. The van der Waals surface area contributed by atoms with E-state index in [1.54, 1.807) is 12.1 Å². The van der Waals surface area contributed by atoms with Crippen molar-refractivity contribution in [1.82, 2.24) is 10.2 Å². The highest BCUT2D eigenvalue weighted by Gasteiger charge is 2.35. The Bertz CT molecular complexity index is 563. The van der Waals surface area contributed by atoms with Gasteiger partial charge in [0.2, 0.25) is 0 Å². The lowest BCUT2D eigenvalue weighted by atomic mass is 9.84. The number of nitrogens with two attached hydrogens (primary N) is 1. The molecule has 3 saturated heterocycles.